The maximum absolute atomic E-state index is 13.5. The summed E-state index contributed by atoms with van der Waals surface area (Å²) in [5.74, 6) is -0.949. The summed E-state index contributed by atoms with van der Waals surface area (Å²) < 4.78 is 13.5. The maximum Gasteiger partial charge on any atom is 0.254 e. The van der Waals surface area contributed by atoms with Gasteiger partial charge < -0.3 is 5.32 Å². The van der Waals surface area contributed by atoms with E-state index in [1.807, 2.05) is 12.1 Å². The molecule has 102 valence electrons. The van der Waals surface area contributed by atoms with Crippen LogP contribution in [0.15, 0.2) is 42.7 Å². The molecule has 3 rings (SSSR count). The number of pyridine rings is 1. The van der Waals surface area contributed by atoms with E-state index in [1.54, 1.807) is 0 Å². The Labute approximate surface area is 116 Å². The van der Waals surface area contributed by atoms with E-state index in [-0.39, 0.29) is 17.5 Å². The predicted octanol–water partition coefficient (Wildman–Crippen LogP) is 2.51. The highest BCUT2D eigenvalue weighted by atomic mass is 19.1. The van der Waals surface area contributed by atoms with Crippen LogP contribution in [0.4, 0.5) is 4.39 Å². The molecule has 0 fully saturated rings. The Balaban J connectivity index is 1.71. The average molecular weight is 270 g/mol. The van der Waals surface area contributed by atoms with Crippen molar-refractivity contribution in [3.8, 4) is 0 Å². The molecule has 20 heavy (non-hydrogen) atoms. The first-order valence-corrected chi connectivity index (χ1v) is 6.71. The van der Waals surface area contributed by atoms with Crippen LogP contribution in [0.25, 0.3) is 0 Å². The molecule has 0 radical (unpaired) electrons. The average Bonchev–Trinajstić information content (AvgIpc) is 2.47. The number of aryl methyl sites for hydroxylation is 1. The molecule has 0 spiro atoms. The molecule has 1 aromatic carbocycles. The third-order valence-corrected chi connectivity index (χ3v) is 3.70. The summed E-state index contributed by atoms with van der Waals surface area (Å²) in [7, 11) is 0. The number of halogens is 1. The highest BCUT2D eigenvalue weighted by molar-refractivity contribution is 5.94. The number of rotatable bonds is 2. The topological polar surface area (TPSA) is 42.0 Å². The molecule has 4 heteroatoms. The largest absolute Gasteiger partial charge is 0.349 e. The van der Waals surface area contributed by atoms with Crippen LogP contribution in [-0.2, 0) is 12.8 Å². The van der Waals surface area contributed by atoms with Gasteiger partial charge in [-0.05, 0) is 36.5 Å². The number of fused-ring (bicyclic) bond motifs is 1. The summed E-state index contributed by atoms with van der Waals surface area (Å²) in [4.78, 5) is 15.7. The second-order valence-corrected chi connectivity index (χ2v) is 5.04. The van der Waals surface area contributed by atoms with E-state index in [0.29, 0.717) is 0 Å². The van der Waals surface area contributed by atoms with E-state index >= 15 is 0 Å². The molecule has 3 nitrogen and oxygen atoms in total. The van der Waals surface area contributed by atoms with Gasteiger partial charge in [-0.3, -0.25) is 9.78 Å². The van der Waals surface area contributed by atoms with E-state index in [1.165, 1.54) is 23.4 Å². The molecule has 1 heterocycles. The van der Waals surface area contributed by atoms with Crippen LogP contribution in [0.1, 0.15) is 27.9 Å². The van der Waals surface area contributed by atoms with Crippen molar-refractivity contribution in [2.45, 2.75) is 25.3 Å². The Hall–Kier alpha value is -2.23. The van der Waals surface area contributed by atoms with Crippen molar-refractivity contribution in [3.05, 3.63) is 65.2 Å². The van der Waals surface area contributed by atoms with E-state index in [9.17, 15) is 9.18 Å². The predicted molar refractivity (Wildman–Crippen MR) is 73.9 cm³/mol. The third kappa shape index (κ3) is 2.54. The van der Waals surface area contributed by atoms with Crippen LogP contribution in [0.3, 0.4) is 0 Å². The van der Waals surface area contributed by atoms with Gasteiger partial charge in [-0.1, -0.05) is 24.3 Å². The molecule has 1 unspecified atom stereocenters. The fourth-order valence-electron chi connectivity index (χ4n) is 2.64. The van der Waals surface area contributed by atoms with Gasteiger partial charge in [0.1, 0.15) is 0 Å². The Morgan fingerprint density at radius 3 is 2.85 bits per heavy atom. The Morgan fingerprint density at radius 2 is 2.05 bits per heavy atom. The molecule has 0 aliphatic heterocycles. The van der Waals surface area contributed by atoms with Gasteiger partial charge in [-0.15, -0.1) is 0 Å². The fourth-order valence-corrected chi connectivity index (χ4v) is 2.64. The highest BCUT2D eigenvalue weighted by Gasteiger charge is 2.21. The first-order valence-electron chi connectivity index (χ1n) is 6.71. The molecule has 2 aromatic rings. The molecule has 0 bridgehead atoms. The van der Waals surface area contributed by atoms with Gasteiger partial charge in [0.25, 0.3) is 5.91 Å². The quantitative estimate of drug-likeness (QED) is 0.911. The normalized spacial score (nSPS) is 17.4. The molecular formula is C16H15FN2O. The lowest BCUT2D eigenvalue weighted by atomic mass is 9.88. The van der Waals surface area contributed by atoms with Crippen LogP contribution in [-0.4, -0.2) is 16.9 Å². The lowest BCUT2D eigenvalue weighted by molar-refractivity contribution is 0.0929. The molecule has 1 aliphatic rings. The Morgan fingerprint density at radius 1 is 1.25 bits per heavy atom. The summed E-state index contributed by atoms with van der Waals surface area (Å²) >= 11 is 0. The summed E-state index contributed by atoms with van der Waals surface area (Å²) in [6, 6.07) is 9.71. The lowest BCUT2D eigenvalue weighted by Crippen LogP contribution is -2.39. The van der Waals surface area contributed by atoms with Gasteiger partial charge in [0.2, 0.25) is 0 Å². The molecule has 1 N–H and O–H groups in total. The van der Waals surface area contributed by atoms with Crippen molar-refractivity contribution in [3.63, 3.8) is 0 Å². The van der Waals surface area contributed by atoms with Gasteiger partial charge in [0.05, 0.1) is 11.8 Å². The molecular weight excluding hydrogens is 255 g/mol. The standard InChI is InChI=1S/C16H15FN2O/c17-15-10-18-8-7-14(15)16(20)19-13-6-5-11-3-1-2-4-12(11)9-13/h1-4,7-8,10,13H,5-6,9H2,(H,19,20). The molecule has 1 amide bonds. The summed E-state index contributed by atoms with van der Waals surface area (Å²) in [6.45, 7) is 0. The number of aromatic nitrogens is 1. The molecule has 1 aromatic heterocycles. The number of amides is 1. The van der Waals surface area contributed by atoms with Gasteiger partial charge in [-0.2, -0.15) is 0 Å². The number of hydrogen-bond acceptors (Lipinski definition) is 2. The number of benzene rings is 1. The van der Waals surface area contributed by atoms with Crippen LogP contribution in [0.5, 0.6) is 0 Å². The maximum atomic E-state index is 13.5. The van der Waals surface area contributed by atoms with Gasteiger partial charge in [0, 0.05) is 12.2 Å². The van der Waals surface area contributed by atoms with Crippen molar-refractivity contribution in [2.24, 2.45) is 0 Å². The second kappa shape index (κ2) is 5.41. The van der Waals surface area contributed by atoms with Crippen LogP contribution < -0.4 is 5.32 Å². The molecule has 1 aliphatic carbocycles. The minimum Gasteiger partial charge on any atom is -0.349 e. The highest BCUT2D eigenvalue weighted by Crippen LogP contribution is 2.21. The third-order valence-electron chi connectivity index (χ3n) is 3.70. The van der Waals surface area contributed by atoms with Crippen molar-refractivity contribution in [1.82, 2.24) is 10.3 Å². The van der Waals surface area contributed by atoms with E-state index < -0.39 is 5.82 Å². The molecule has 1 atom stereocenters. The van der Waals surface area contributed by atoms with Crippen LogP contribution >= 0.6 is 0 Å². The van der Waals surface area contributed by atoms with Crippen molar-refractivity contribution < 1.29 is 9.18 Å². The zero-order chi connectivity index (χ0) is 13.9. The first kappa shape index (κ1) is 12.8. The number of nitrogens with zero attached hydrogens (tertiary/aromatic N) is 1. The van der Waals surface area contributed by atoms with Crippen molar-refractivity contribution in [1.29, 1.82) is 0 Å². The molecule has 0 saturated carbocycles. The zero-order valence-corrected chi connectivity index (χ0v) is 11.0. The second-order valence-electron chi connectivity index (χ2n) is 5.04. The molecule has 0 saturated heterocycles. The lowest BCUT2D eigenvalue weighted by Gasteiger charge is -2.25. The van der Waals surface area contributed by atoms with E-state index in [0.717, 1.165) is 25.5 Å². The van der Waals surface area contributed by atoms with E-state index in [2.05, 4.69) is 22.4 Å². The first-order chi connectivity index (χ1) is 9.74. The number of carbonyl (C=O) groups excluding carboxylic acids is 1. The van der Waals surface area contributed by atoms with Gasteiger partial charge in [0.15, 0.2) is 5.82 Å². The fraction of sp³-hybridized carbons (Fsp3) is 0.250. The van der Waals surface area contributed by atoms with Crippen molar-refractivity contribution >= 4 is 5.91 Å². The number of carbonyl (C=O) groups is 1. The monoisotopic (exact) mass is 270 g/mol. The minimum atomic E-state index is -0.582. The van der Waals surface area contributed by atoms with Crippen LogP contribution in [0.2, 0.25) is 0 Å². The Kier molecular flexibility index (Phi) is 3.46. The summed E-state index contributed by atoms with van der Waals surface area (Å²) in [5, 5.41) is 2.91. The number of hydrogen-bond donors (Lipinski definition) is 1. The van der Waals surface area contributed by atoms with Gasteiger partial charge in [-0.25, -0.2) is 4.39 Å². The van der Waals surface area contributed by atoms with Gasteiger partial charge >= 0.3 is 0 Å². The SMILES string of the molecule is O=C(NC1CCc2ccccc2C1)c1ccncc1F. The minimum absolute atomic E-state index is 0.0545. The van der Waals surface area contributed by atoms with Crippen molar-refractivity contribution in [2.75, 3.05) is 0 Å². The zero-order valence-electron chi connectivity index (χ0n) is 11.0. The smallest absolute Gasteiger partial charge is 0.254 e. The van der Waals surface area contributed by atoms with E-state index in [4.69, 9.17) is 0 Å². The summed E-state index contributed by atoms with van der Waals surface area (Å²) in [6.07, 6.45) is 5.11. The number of nitrogens with one attached hydrogen (secondary N) is 1. The Bertz CT molecular complexity index is 642. The summed E-state index contributed by atoms with van der Waals surface area (Å²) in [5.41, 5.74) is 2.66. The van der Waals surface area contributed by atoms with Crippen LogP contribution in [0, 0.1) is 5.82 Å².